The predicted molar refractivity (Wildman–Crippen MR) is 94.1 cm³/mol. The van der Waals surface area contributed by atoms with Crippen molar-refractivity contribution in [1.82, 2.24) is 9.29 Å². The molecule has 1 aliphatic heterocycles. The van der Waals surface area contributed by atoms with Crippen molar-refractivity contribution in [2.24, 2.45) is 0 Å². The molecule has 0 radical (unpaired) electrons. The minimum Gasteiger partial charge on any atom is -0.319 e. The van der Waals surface area contributed by atoms with Gasteiger partial charge in [-0.15, -0.1) is 11.3 Å². The average Bonchev–Trinajstić information content (AvgIpc) is 3.09. The van der Waals surface area contributed by atoms with Gasteiger partial charge in [0.05, 0.1) is 15.5 Å². The number of amides is 1. The lowest BCUT2D eigenvalue weighted by Crippen LogP contribution is -2.35. The molecule has 0 aliphatic carbocycles. The van der Waals surface area contributed by atoms with E-state index in [0.29, 0.717) is 23.7 Å². The maximum absolute atomic E-state index is 12.6. The molecule has 0 bridgehead atoms. The number of nitrogens with zero attached hydrogens (tertiary/aromatic N) is 2. The summed E-state index contributed by atoms with van der Waals surface area (Å²) in [6.45, 7) is 1.07. The molecule has 0 atom stereocenters. The van der Waals surface area contributed by atoms with Gasteiger partial charge in [-0.25, -0.2) is 13.4 Å². The van der Waals surface area contributed by atoms with Crippen molar-refractivity contribution in [1.29, 1.82) is 0 Å². The van der Waals surface area contributed by atoms with Crippen LogP contribution in [0.3, 0.4) is 0 Å². The fraction of sp³-hybridized carbons (Fsp3) is 0.333. The van der Waals surface area contributed by atoms with Crippen LogP contribution in [0.2, 0.25) is 5.15 Å². The number of carbonyl (C=O) groups is 1. The molecular formula is C15H16ClN3O3S2. The molecular weight excluding hydrogens is 370 g/mol. The molecule has 0 spiro atoms. The maximum Gasteiger partial charge on any atom is 0.265 e. The smallest absolute Gasteiger partial charge is 0.265 e. The van der Waals surface area contributed by atoms with Gasteiger partial charge in [0.2, 0.25) is 10.0 Å². The molecule has 1 amide bonds. The Morgan fingerprint density at radius 2 is 2.04 bits per heavy atom. The molecule has 2 aromatic rings. The van der Waals surface area contributed by atoms with E-state index in [9.17, 15) is 13.2 Å². The van der Waals surface area contributed by atoms with Crippen molar-refractivity contribution >= 4 is 44.6 Å². The van der Waals surface area contributed by atoms with Crippen LogP contribution in [0.1, 0.15) is 28.9 Å². The first-order chi connectivity index (χ1) is 11.5. The number of nitrogens with one attached hydrogen (secondary N) is 1. The highest BCUT2D eigenvalue weighted by molar-refractivity contribution is 7.89. The standard InChI is InChI=1S/C15H16ClN3O3S2/c16-14-12(5-4-6-17-14)18-15(20)13-9-11(10-23-13)24(21,22)19-7-2-1-3-8-19/h4-6,9-10H,1-3,7-8H2,(H,18,20). The molecule has 1 fully saturated rings. The van der Waals surface area contributed by atoms with Crippen molar-refractivity contribution in [2.75, 3.05) is 18.4 Å². The summed E-state index contributed by atoms with van der Waals surface area (Å²) in [6.07, 6.45) is 4.31. The van der Waals surface area contributed by atoms with E-state index in [1.807, 2.05) is 0 Å². The number of rotatable bonds is 4. The second-order valence-electron chi connectivity index (χ2n) is 5.41. The Morgan fingerprint density at radius 3 is 2.75 bits per heavy atom. The number of halogens is 1. The van der Waals surface area contributed by atoms with Gasteiger partial charge in [-0.2, -0.15) is 4.31 Å². The fourth-order valence-corrected chi connectivity index (χ4v) is 5.33. The molecule has 3 rings (SSSR count). The lowest BCUT2D eigenvalue weighted by molar-refractivity contribution is 0.103. The van der Waals surface area contributed by atoms with Crippen molar-refractivity contribution in [2.45, 2.75) is 24.2 Å². The molecule has 0 unspecified atom stereocenters. The second-order valence-corrected chi connectivity index (χ2v) is 8.61. The van der Waals surface area contributed by atoms with E-state index in [2.05, 4.69) is 10.3 Å². The molecule has 24 heavy (non-hydrogen) atoms. The molecule has 128 valence electrons. The number of carbonyl (C=O) groups excluding carboxylic acids is 1. The van der Waals surface area contributed by atoms with E-state index in [1.54, 1.807) is 12.1 Å². The van der Waals surface area contributed by atoms with Crippen molar-refractivity contribution < 1.29 is 13.2 Å². The minimum atomic E-state index is -3.53. The summed E-state index contributed by atoms with van der Waals surface area (Å²) in [4.78, 5) is 16.6. The molecule has 9 heteroatoms. The summed E-state index contributed by atoms with van der Waals surface area (Å²) in [5.41, 5.74) is 0.387. The Kier molecular flexibility index (Phi) is 5.19. The number of aromatic nitrogens is 1. The molecule has 0 saturated carbocycles. The van der Waals surface area contributed by atoms with Gasteiger partial charge in [0.15, 0.2) is 5.15 Å². The zero-order chi connectivity index (χ0) is 17.2. The van der Waals surface area contributed by atoms with Crippen molar-refractivity contribution in [3.05, 3.63) is 39.8 Å². The number of thiophene rings is 1. The number of sulfonamides is 1. The Hall–Kier alpha value is -1.48. The third-order valence-electron chi connectivity index (χ3n) is 3.76. The SMILES string of the molecule is O=C(Nc1cccnc1Cl)c1cc(S(=O)(=O)N2CCCCC2)cs1. The Labute approximate surface area is 149 Å². The highest BCUT2D eigenvalue weighted by atomic mass is 35.5. The highest BCUT2D eigenvalue weighted by Crippen LogP contribution is 2.26. The number of piperidine rings is 1. The Morgan fingerprint density at radius 1 is 1.29 bits per heavy atom. The lowest BCUT2D eigenvalue weighted by atomic mass is 10.2. The van der Waals surface area contributed by atoms with E-state index < -0.39 is 15.9 Å². The minimum absolute atomic E-state index is 0.164. The van der Waals surface area contributed by atoms with Crippen LogP contribution < -0.4 is 5.32 Å². The Balaban J connectivity index is 1.77. The summed E-state index contributed by atoms with van der Waals surface area (Å²) in [7, 11) is -3.53. The monoisotopic (exact) mass is 385 g/mol. The first-order valence-electron chi connectivity index (χ1n) is 7.49. The number of anilines is 1. The molecule has 2 aromatic heterocycles. The van der Waals surface area contributed by atoms with Gasteiger partial charge in [-0.3, -0.25) is 4.79 Å². The lowest BCUT2D eigenvalue weighted by Gasteiger charge is -2.25. The fourth-order valence-electron chi connectivity index (χ4n) is 2.49. The van der Waals surface area contributed by atoms with Crippen LogP contribution in [-0.4, -0.2) is 36.7 Å². The van der Waals surface area contributed by atoms with Crippen molar-refractivity contribution in [3.8, 4) is 0 Å². The van der Waals surface area contributed by atoms with Crippen LogP contribution in [-0.2, 0) is 10.0 Å². The molecule has 0 aromatic carbocycles. The van der Waals surface area contributed by atoms with Gasteiger partial charge >= 0.3 is 0 Å². The van der Waals surface area contributed by atoms with Gasteiger partial charge in [0.25, 0.3) is 5.91 Å². The molecule has 1 N–H and O–H groups in total. The summed E-state index contributed by atoms with van der Waals surface area (Å²) >= 11 is 7.00. The Bertz CT molecular complexity index is 845. The zero-order valence-corrected chi connectivity index (χ0v) is 15.1. The van der Waals surface area contributed by atoms with Crippen LogP contribution in [0.25, 0.3) is 0 Å². The molecule has 3 heterocycles. The molecule has 6 nitrogen and oxygen atoms in total. The second kappa shape index (κ2) is 7.18. The molecule has 1 aliphatic rings. The maximum atomic E-state index is 12.6. The van der Waals surface area contributed by atoms with Crippen LogP contribution in [0.5, 0.6) is 0 Å². The normalized spacial score (nSPS) is 16.0. The first kappa shape index (κ1) is 17.3. The van der Waals surface area contributed by atoms with Gasteiger partial charge in [0, 0.05) is 24.7 Å². The number of pyridine rings is 1. The third-order valence-corrected chi connectivity index (χ3v) is 7.02. The van der Waals surface area contributed by atoms with Crippen molar-refractivity contribution in [3.63, 3.8) is 0 Å². The van der Waals surface area contributed by atoms with Crippen LogP contribution in [0.15, 0.2) is 34.7 Å². The summed E-state index contributed by atoms with van der Waals surface area (Å²) in [6, 6.07) is 4.70. The first-order valence-corrected chi connectivity index (χ1v) is 10.2. The van der Waals surface area contributed by atoms with E-state index in [0.717, 1.165) is 30.6 Å². The summed E-state index contributed by atoms with van der Waals surface area (Å²) in [5, 5.41) is 4.33. The van der Waals surface area contributed by atoms with E-state index in [-0.39, 0.29) is 10.0 Å². The van der Waals surface area contributed by atoms with Crippen LogP contribution in [0, 0.1) is 0 Å². The van der Waals surface area contributed by atoms with E-state index in [1.165, 1.54) is 21.9 Å². The van der Waals surface area contributed by atoms with Gasteiger partial charge in [-0.1, -0.05) is 18.0 Å². The van der Waals surface area contributed by atoms with Crippen LogP contribution >= 0.6 is 22.9 Å². The van der Waals surface area contributed by atoms with Gasteiger partial charge in [0.1, 0.15) is 0 Å². The van der Waals surface area contributed by atoms with Crippen LogP contribution in [0.4, 0.5) is 5.69 Å². The summed E-state index contributed by atoms with van der Waals surface area (Å²) in [5.74, 6) is -0.407. The predicted octanol–water partition coefficient (Wildman–Crippen LogP) is 3.22. The largest absolute Gasteiger partial charge is 0.319 e. The van der Waals surface area contributed by atoms with Gasteiger partial charge in [-0.05, 0) is 31.0 Å². The topological polar surface area (TPSA) is 79.4 Å². The third kappa shape index (κ3) is 3.61. The summed E-state index contributed by atoms with van der Waals surface area (Å²) < 4.78 is 26.7. The highest BCUT2D eigenvalue weighted by Gasteiger charge is 2.27. The number of hydrogen-bond donors (Lipinski definition) is 1. The van der Waals surface area contributed by atoms with E-state index >= 15 is 0 Å². The quantitative estimate of drug-likeness (QED) is 0.819. The zero-order valence-electron chi connectivity index (χ0n) is 12.7. The molecule has 1 saturated heterocycles. The average molecular weight is 386 g/mol. The van der Waals surface area contributed by atoms with Gasteiger partial charge < -0.3 is 5.32 Å². The number of hydrogen-bond acceptors (Lipinski definition) is 5. The van der Waals surface area contributed by atoms with E-state index in [4.69, 9.17) is 11.6 Å².